The third-order valence-electron chi connectivity index (χ3n) is 4.06. The molecular formula is C14H30N2. The molecule has 1 fully saturated rings. The highest BCUT2D eigenvalue weighted by atomic mass is 15.2. The van der Waals surface area contributed by atoms with Gasteiger partial charge in [-0.3, -0.25) is 0 Å². The van der Waals surface area contributed by atoms with E-state index in [1.165, 1.54) is 19.4 Å². The number of hydrogen-bond donors (Lipinski definition) is 1. The Bertz CT molecular complexity index is 203. The molecule has 1 aliphatic carbocycles. The van der Waals surface area contributed by atoms with Crippen molar-refractivity contribution < 1.29 is 0 Å². The first kappa shape index (κ1) is 14.0. The van der Waals surface area contributed by atoms with E-state index in [0.717, 1.165) is 12.5 Å². The number of rotatable bonds is 6. The van der Waals surface area contributed by atoms with E-state index in [2.05, 4.69) is 51.9 Å². The fraction of sp³-hybridized carbons (Fsp3) is 1.00. The van der Waals surface area contributed by atoms with Crippen molar-refractivity contribution in [1.82, 2.24) is 10.2 Å². The van der Waals surface area contributed by atoms with Gasteiger partial charge in [0.1, 0.15) is 0 Å². The molecule has 1 saturated carbocycles. The summed E-state index contributed by atoms with van der Waals surface area (Å²) in [6.45, 7) is 13.8. The Morgan fingerprint density at radius 1 is 1.31 bits per heavy atom. The number of nitrogens with zero attached hydrogens (tertiary/aromatic N) is 1. The van der Waals surface area contributed by atoms with E-state index in [1.54, 1.807) is 0 Å². The van der Waals surface area contributed by atoms with E-state index < -0.39 is 0 Å². The predicted octanol–water partition coefficient (Wildman–Crippen LogP) is 2.74. The summed E-state index contributed by atoms with van der Waals surface area (Å²) >= 11 is 0. The Morgan fingerprint density at radius 2 is 1.88 bits per heavy atom. The molecule has 2 unspecified atom stereocenters. The summed E-state index contributed by atoms with van der Waals surface area (Å²) in [5, 5.41) is 3.64. The van der Waals surface area contributed by atoms with Crippen LogP contribution in [0, 0.1) is 11.3 Å². The number of nitrogens with one attached hydrogen (secondary N) is 1. The SMILES string of the molecule is CCNC(CN(C)C(C)C(C)(C)C)C1CC1. The largest absolute Gasteiger partial charge is 0.313 e. The van der Waals surface area contributed by atoms with E-state index in [4.69, 9.17) is 0 Å². The average Bonchev–Trinajstić information content (AvgIpc) is 2.97. The first-order valence-electron chi connectivity index (χ1n) is 6.80. The molecule has 0 aliphatic heterocycles. The van der Waals surface area contributed by atoms with Gasteiger partial charge in [0.05, 0.1) is 0 Å². The quantitative estimate of drug-likeness (QED) is 0.749. The summed E-state index contributed by atoms with van der Waals surface area (Å²) in [5.74, 6) is 0.939. The van der Waals surface area contributed by atoms with Crippen LogP contribution in [0.3, 0.4) is 0 Å². The lowest BCUT2D eigenvalue weighted by atomic mass is 9.87. The maximum absolute atomic E-state index is 3.64. The Balaban J connectivity index is 2.44. The van der Waals surface area contributed by atoms with Gasteiger partial charge in [-0.25, -0.2) is 0 Å². The van der Waals surface area contributed by atoms with Crippen LogP contribution in [0.15, 0.2) is 0 Å². The second-order valence-electron chi connectivity index (χ2n) is 6.48. The van der Waals surface area contributed by atoms with Crippen LogP contribution < -0.4 is 5.32 Å². The minimum atomic E-state index is 0.370. The first-order chi connectivity index (χ1) is 7.36. The van der Waals surface area contributed by atoms with Gasteiger partial charge in [-0.2, -0.15) is 0 Å². The molecule has 1 aliphatic rings. The lowest BCUT2D eigenvalue weighted by Gasteiger charge is -2.37. The minimum Gasteiger partial charge on any atom is -0.313 e. The molecule has 0 spiro atoms. The summed E-state index contributed by atoms with van der Waals surface area (Å²) in [5.41, 5.74) is 0.370. The first-order valence-corrected chi connectivity index (χ1v) is 6.80. The van der Waals surface area contributed by atoms with Crippen LogP contribution in [0.1, 0.15) is 47.5 Å². The van der Waals surface area contributed by atoms with Gasteiger partial charge >= 0.3 is 0 Å². The molecule has 0 aromatic heterocycles. The fourth-order valence-corrected chi connectivity index (χ4v) is 2.27. The highest BCUT2D eigenvalue weighted by molar-refractivity contribution is 4.89. The van der Waals surface area contributed by atoms with Crippen LogP contribution in [-0.4, -0.2) is 37.1 Å². The topological polar surface area (TPSA) is 15.3 Å². The predicted molar refractivity (Wildman–Crippen MR) is 71.7 cm³/mol. The van der Waals surface area contributed by atoms with Crippen LogP contribution >= 0.6 is 0 Å². The van der Waals surface area contributed by atoms with Gasteiger partial charge in [-0.05, 0) is 44.7 Å². The molecular weight excluding hydrogens is 196 g/mol. The Morgan fingerprint density at radius 3 is 2.25 bits per heavy atom. The monoisotopic (exact) mass is 226 g/mol. The van der Waals surface area contributed by atoms with Crippen LogP contribution in [-0.2, 0) is 0 Å². The van der Waals surface area contributed by atoms with Crippen LogP contribution in [0.25, 0.3) is 0 Å². The molecule has 0 heterocycles. The molecule has 0 amide bonds. The van der Waals surface area contributed by atoms with Crippen molar-refractivity contribution in [1.29, 1.82) is 0 Å². The molecule has 16 heavy (non-hydrogen) atoms. The van der Waals surface area contributed by atoms with E-state index in [0.29, 0.717) is 17.5 Å². The van der Waals surface area contributed by atoms with Crippen molar-refractivity contribution in [2.45, 2.75) is 59.5 Å². The molecule has 0 radical (unpaired) electrons. The molecule has 0 saturated heterocycles. The zero-order valence-corrected chi connectivity index (χ0v) is 12.0. The Kier molecular flexibility index (Phi) is 4.81. The van der Waals surface area contributed by atoms with Gasteiger partial charge in [0.25, 0.3) is 0 Å². The van der Waals surface area contributed by atoms with Gasteiger partial charge in [0.15, 0.2) is 0 Å². The fourth-order valence-electron chi connectivity index (χ4n) is 2.27. The molecule has 2 nitrogen and oxygen atoms in total. The lowest BCUT2D eigenvalue weighted by Crippen LogP contribution is -2.47. The van der Waals surface area contributed by atoms with Crippen molar-refractivity contribution in [3.05, 3.63) is 0 Å². The van der Waals surface area contributed by atoms with Gasteiger partial charge in [0, 0.05) is 18.6 Å². The molecule has 2 atom stereocenters. The Labute approximate surface area is 102 Å². The van der Waals surface area contributed by atoms with Crippen molar-refractivity contribution in [2.24, 2.45) is 11.3 Å². The summed E-state index contributed by atoms with van der Waals surface area (Å²) in [6, 6.07) is 1.34. The third-order valence-corrected chi connectivity index (χ3v) is 4.06. The maximum atomic E-state index is 3.64. The summed E-state index contributed by atoms with van der Waals surface area (Å²) in [7, 11) is 2.27. The van der Waals surface area contributed by atoms with Crippen molar-refractivity contribution in [3.63, 3.8) is 0 Å². The van der Waals surface area contributed by atoms with E-state index >= 15 is 0 Å². The second kappa shape index (κ2) is 5.50. The zero-order chi connectivity index (χ0) is 12.3. The van der Waals surface area contributed by atoms with Crippen LogP contribution in [0.2, 0.25) is 0 Å². The van der Waals surface area contributed by atoms with Crippen molar-refractivity contribution in [3.8, 4) is 0 Å². The van der Waals surface area contributed by atoms with Crippen molar-refractivity contribution >= 4 is 0 Å². The molecule has 1 N–H and O–H groups in total. The standard InChI is InChI=1S/C14H30N2/c1-7-15-13(12-8-9-12)10-16(6)11(2)14(3,4)5/h11-13,15H,7-10H2,1-6H3. The van der Waals surface area contributed by atoms with Crippen LogP contribution in [0.5, 0.6) is 0 Å². The molecule has 1 rings (SSSR count). The van der Waals surface area contributed by atoms with Gasteiger partial charge in [-0.1, -0.05) is 27.7 Å². The zero-order valence-electron chi connectivity index (χ0n) is 12.0. The highest BCUT2D eigenvalue weighted by Crippen LogP contribution is 2.33. The van der Waals surface area contributed by atoms with Gasteiger partial charge in [0.2, 0.25) is 0 Å². The summed E-state index contributed by atoms with van der Waals surface area (Å²) in [4.78, 5) is 2.52. The van der Waals surface area contributed by atoms with E-state index in [9.17, 15) is 0 Å². The smallest absolute Gasteiger partial charge is 0.0223 e. The Hall–Kier alpha value is -0.0800. The van der Waals surface area contributed by atoms with E-state index in [1.807, 2.05) is 0 Å². The molecule has 0 bridgehead atoms. The summed E-state index contributed by atoms with van der Waals surface area (Å²) < 4.78 is 0. The normalized spacial score (nSPS) is 21.2. The number of likely N-dealkylation sites (N-methyl/N-ethyl adjacent to an activating group) is 2. The average molecular weight is 226 g/mol. The number of hydrogen-bond acceptors (Lipinski definition) is 2. The van der Waals surface area contributed by atoms with E-state index in [-0.39, 0.29) is 0 Å². The lowest BCUT2D eigenvalue weighted by molar-refractivity contribution is 0.126. The second-order valence-corrected chi connectivity index (χ2v) is 6.48. The summed E-state index contributed by atoms with van der Waals surface area (Å²) in [6.07, 6.45) is 2.85. The molecule has 0 aromatic carbocycles. The minimum absolute atomic E-state index is 0.370. The maximum Gasteiger partial charge on any atom is 0.0223 e. The molecule has 96 valence electrons. The molecule has 0 aromatic rings. The van der Waals surface area contributed by atoms with Crippen molar-refractivity contribution in [2.75, 3.05) is 20.1 Å². The molecule has 2 heteroatoms. The van der Waals surface area contributed by atoms with Crippen LogP contribution in [0.4, 0.5) is 0 Å². The van der Waals surface area contributed by atoms with Gasteiger partial charge < -0.3 is 10.2 Å². The highest BCUT2D eigenvalue weighted by Gasteiger charge is 2.33. The van der Waals surface area contributed by atoms with Gasteiger partial charge in [-0.15, -0.1) is 0 Å². The third kappa shape index (κ3) is 4.06.